The van der Waals surface area contributed by atoms with Gasteiger partial charge >= 0.3 is 0 Å². The zero-order valence-corrected chi connectivity index (χ0v) is 16.3. The Labute approximate surface area is 166 Å². The predicted molar refractivity (Wildman–Crippen MR) is 104 cm³/mol. The maximum Gasteiger partial charge on any atom is 0.249 e. The lowest BCUT2D eigenvalue weighted by Gasteiger charge is -2.18. The van der Waals surface area contributed by atoms with Crippen molar-refractivity contribution in [2.45, 2.75) is 25.1 Å². The van der Waals surface area contributed by atoms with Crippen LogP contribution in [0.4, 0.5) is 10.1 Å². The van der Waals surface area contributed by atoms with Gasteiger partial charge in [-0.1, -0.05) is 24.3 Å². The minimum atomic E-state index is -3.64. The smallest absolute Gasteiger partial charge is 0.249 e. The number of carbonyl (C=O) groups is 1. The molecular weight excluding hydrogens is 399 g/mol. The number of rotatable bonds is 7. The van der Waals surface area contributed by atoms with E-state index in [0.29, 0.717) is 17.1 Å². The van der Waals surface area contributed by atoms with Gasteiger partial charge in [-0.3, -0.25) is 4.79 Å². The molecule has 0 aliphatic rings. The maximum atomic E-state index is 13.2. The van der Waals surface area contributed by atoms with Crippen LogP contribution in [0.25, 0.3) is 0 Å². The highest BCUT2D eigenvalue weighted by Crippen LogP contribution is 2.19. The zero-order valence-electron chi connectivity index (χ0n) is 15.5. The molecule has 9 nitrogen and oxygen atoms in total. The molecule has 152 valence electrons. The number of sulfonamides is 1. The molecule has 3 N–H and O–H groups in total. The van der Waals surface area contributed by atoms with Gasteiger partial charge in [-0.25, -0.2) is 22.6 Å². The number of amides is 1. The molecule has 0 saturated carbocycles. The second kappa shape index (κ2) is 8.45. The number of hydrogen-bond donors (Lipinski definition) is 2. The molecule has 29 heavy (non-hydrogen) atoms. The second-order valence-electron chi connectivity index (χ2n) is 6.51. The molecule has 1 unspecified atom stereocenters. The molecule has 0 radical (unpaired) electrons. The summed E-state index contributed by atoms with van der Waals surface area (Å²) in [5, 5.41) is 19.1. The number of nitrogens with one attached hydrogen (secondary N) is 1. The van der Waals surface area contributed by atoms with Crippen molar-refractivity contribution in [3.63, 3.8) is 0 Å². The van der Waals surface area contributed by atoms with E-state index in [2.05, 4.69) is 20.8 Å². The third-order valence-corrected chi connectivity index (χ3v) is 4.92. The van der Waals surface area contributed by atoms with Gasteiger partial charge < -0.3 is 5.32 Å². The van der Waals surface area contributed by atoms with Crippen LogP contribution in [0.1, 0.15) is 23.0 Å². The molecule has 3 aromatic rings. The SMILES string of the molecule is Cc1nnnn1C(Cc1ccc(F)cc1)C(=O)Nc1ccc(CS(N)(=O)=O)cc1. The van der Waals surface area contributed by atoms with Gasteiger partial charge in [0.1, 0.15) is 17.7 Å². The molecule has 11 heteroatoms. The van der Waals surface area contributed by atoms with E-state index in [1.807, 2.05) is 0 Å². The number of aryl methyl sites for hydroxylation is 1. The number of nitrogens with zero attached hydrogens (tertiary/aromatic N) is 4. The fourth-order valence-electron chi connectivity index (χ4n) is 2.80. The lowest BCUT2D eigenvalue weighted by Crippen LogP contribution is -2.29. The highest BCUT2D eigenvalue weighted by Gasteiger charge is 2.24. The van der Waals surface area contributed by atoms with Crippen LogP contribution in [0, 0.1) is 12.7 Å². The number of anilines is 1. The number of carbonyl (C=O) groups excluding carboxylic acids is 1. The van der Waals surface area contributed by atoms with Crippen LogP contribution in [0.2, 0.25) is 0 Å². The van der Waals surface area contributed by atoms with E-state index in [0.717, 1.165) is 5.56 Å². The van der Waals surface area contributed by atoms with Gasteiger partial charge in [-0.2, -0.15) is 0 Å². The van der Waals surface area contributed by atoms with E-state index in [1.54, 1.807) is 43.3 Å². The molecule has 0 aliphatic heterocycles. The average Bonchev–Trinajstić information content (AvgIpc) is 3.07. The number of tetrazole rings is 1. The Hall–Kier alpha value is -3.18. The third-order valence-electron chi connectivity index (χ3n) is 4.19. The Balaban J connectivity index is 1.79. The monoisotopic (exact) mass is 418 g/mol. The van der Waals surface area contributed by atoms with Crippen molar-refractivity contribution in [1.82, 2.24) is 20.2 Å². The lowest BCUT2D eigenvalue weighted by atomic mass is 10.0. The number of aromatic nitrogens is 4. The van der Waals surface area contributed by atoms with Gasteiger partial charge in [0.25, 0.3) is 0 Å². The van der Waals surface area contributed by atoms with E-state index in [-0.39, 0.29) is 23.9 Å². The first kappa shape index (κ1) is 20.6. The first-order valence-corrected chi connectivity index (χ1v) is 10.3. The molecule has 1 amide bonds. The standard InChI is InChI=1S/C18H19FN6O3S/c1-12-22-23-24-25(12)17(10-13-2-6-15(19)7-3-13)18(26)21-16-8-4-14(5-9-16)11-29(20,27)28/h2-9,17H,10-11H2,1H3,(H,21,26)(H2,20,27,28). The molecule has 0 spiro atoms. The minimum absolute atomic E-state index is 0.251. The lowest BCUT2D eigenvalue weighted by molar-refractivity contribution is -0.119. The van der Waals surface area contributed by atoms with E-state index in [9.17, 15) is 17.6 Å². The van der Waals surface area contributed by atoms with Crippen LogP contribution in [-0.4, -0.2) is 34.5 Å². The number of benzene rings is 2. The molecule has 0 aliphatic carbocycles. The topological polar surface area (TPSA) is 133 Å². The van der Waals surface area contributed by atoms with E-state index in [4.69, 9.17) is 5.14 Å². The highest BCUT2D eigenvalue weighted by molar-refractivity contribution is 7.88. The van der Waals surface area contributed by atoms with Crippen LogP contribution in [-0.2, 0) is 27.0 Å². The molecular formula is C18H19FN6O3S. The summed E-state index contributed by atoms with van der Waals surface area (Å²) >= 11 is 0. The normalized spacial score (nSPS) is 12.5. The highest BCUT2D eigenvalue weighted by atomic mass is 32.2. The molecule has 0 bridgehead atoms. The van der Waals surface area contributed by atoms with Crippen molar-refractivity contribution < 1.29 is 17.6 Å². The Morgan fingerprint density at radius 1 is 1.14 bits per heavy atom. The Morgan fingerprint density at radius 2 is 1.76 bits per heavy atom. The van der Waals surface area contributed by atoms with Crippen LogP contribution < -0.4 is 10.5 Å². The molecule has 1 heterocycles. The van der Waals surface area contributed by atoms with Crippen LogP contribution in [0.3, 0.4) is 0 Å². The molecule has 2 aromatic carbocycles. The van der Waals surface area contributed by atoms with Crippen molar-refractivity contribution in [3.8, 4) is 0 Å². The average molecular weight is 418 g/mol. The first-order valence-electron chi connectivity index (χ1n) is 8.60. The van der Waals surface area contributed by atoms with Crippen molar-refractivity contribution in [2.75, 3.05) is 5.32 Å². The largest absolute Gasteiger partial charge is 0.324 e. The summed E-state index contributed by atoms with van der Waals surface area (Å²) in [4.78, 5) is 12.9. The van der Waals surface area contributed by atoms with Crippen LogP contribution in [0.5, 0.6) is 0 Å². The predicted octanol–water partition coefficient (Wildman–Crippen LogP) is 1.33. The summed E-state index contributed by atoms with van der Waals surface area (Å²) in [6.45, 7) is 1.67. The Kier molecular flexibility index (Phi) is 5.99. The number of halogens is 1. The summed E-state index contributed by atoms with van der Waals surface area (Å²) in [6.07, 6.45) is 0.251. The minimum Gasteiger partial charge on any atom is -0.324 e. The van der Waals surface area contributed by atoms with Crippen LogP contribution >= 0.6 is 0 Å². The molecule has 1 atom stereocenters. The summed E-state index contributed by atoms with van der Waals surface area (Å²) < 4.78 is 36.9. The quantitative estimate of drug-likeness (QED) is 0.595. The zero-order chi connectivity index (χ0) is 21.0. The van der Waals surface area contributed by atoms with E-state index < -0.39 is 16.1 Å². The summed E-state index contributed by atoms with van der Waals surface area (Å²) in [6, 6.07) is 11.4. The van der Waals surface area contributed by atoms with Gasteiger partial charge in [0, 0.05) is 12.1 Å². The van der Waals surface area contributed by atoms with Crippen molar-refractivity contribution in [3.05, 3.63) is 71.3 Å². The van der Waals surface area contributed by atoms with E-state index in [1.165, 1.54) is 16.8 Å². The van der Waals surface area contributed by atoms with Crippen LogP contribution in [0.15, 0.2) is 48.5 Å². The van der Waals surface area contributed by atoms with E-state index >= 15 is 0 Å². The fraction of sp³-hybridized carbons (Fsp3) is 0.222. The first-order chi connectivity index (χ1) is 13.7. The molecule has 0 saturated heterocycles. The molecule has 0 fully saturated rings. The molecule has 3 rings (SSSR count). The van der Waals surface area contributed by atoms with Crippen molar-refractivity contribution >= 4 is 21.6 Å². The number of primary sulfonamides is 1. The summed E-state index contributed by atoms with van der Waals surface area (Å²) in [5.74, 6) is -0.578. The van der Waals surface area contributed by atoms with Gasteiger partial charge in [-0.15, -0.1) is 5.10 Å². The molecule has 1 aromatic heterocycles. The fourth-order valence-corrected chi connectivity index (χ4v) is 3.46. The van der Waals surface area contributed by atoms with Gasteiger partial charge in [0.2, 0.25) is 15.9 Å². The summed E-state index contributed by atoms with van der Waals surface area (Å²) in [7, 11) is -3.64. The van der Waals surface area contributed by atoms with Crippen molar-refractivity contribution in [2.24, 2.45) is 5.14 Å². The maximum absolute atomic E-state index is 13.2. The van der Waals surface area contributed by atoms with Gasteiger partial charge in [0.05, 0.1) is 5.75 Å². The van der Waals surface area contributed by atoms with Crippen molar-refractivity contribution in [1.29, 1.82) is 0 Å². The van der Waals surface area contributed by atoms with Gasteiger partial charge in [0.15, 0.2) is 0 Å². The summed E-state index contributed by atoms with van der Waals surface area (Å²) in [5.41, 5.74) is 1.72. The Bertz CT molecular complexity index is 1100. The number of hydrogen-bond acceptors (Lipinski definition) is 6. The Morgan fingerprint density at radius 3 is 2.31 bits per heavy atom. The third kappa shape index (κ3) is 5.65. The van der Waals surface area contributed by atoms with Gasteiger partial charge in [-0.05, 0) is 52.7 Å². The number of nitrogens with two attached hydrogens (primary N) is 1. The second-order valence-corrected chi connectivity index (χ2v) is 8.12.